The largest absolute Gasteiger partial charge is 0.372 e. The van der Waals surface area contributed by atoms with Crippen molar-refractivity contribution in [1.29, 1.82) is 0 Å². The number of pyridine rings is 2. The van der Waals surface area contributed by atoms with E-state index in [1.165, 1.54) is 29.8 Å². The lowest BCUT2D eigenvalue weighted by molar-refractivity contribution is 0.594. The maximum absolute atomic E-state index is 12.7. The van der Waals surface area contributed by atoms with E-state index in [1.807, 2.05) is 0 Å². The van der Waals surface area contributed by atoms with Crippen molar-refractivity contribution in [2.75, 3.05) is 23.7 Å². The summed E-state index contributed by atoms with van der Waals surface area (Å²) < 4.78 is 27.1. The molecule has 0 fully saturated rings. The molecule has 8 heteroatoms. The van der Waals surface area contributed by atoms with Gasteiger partial charge in [0.25, 0.3) is 10.0 Å². The number of sulfonamides is 1. The molecule has 1 N–H and O–H groups in total. The first-order chi connectivity index (χ1) is 9.46. The average Bonchev–Trinajstić information content (AvgIpc) is 2.47. The Morgan fingerprint density at radius 3 is 2.70 bits per heavy atom. The standard InChI is InChI=1S/C12H13BrN4O2S/c1-14-12-11(6-9(13)7-16-12)20(18,19)17(2)10-4-3-5-15-8-10/h3-8H,1-2H3,(H,14,16). The van der Waals surface area contributed by atoms with E-state index in [1.54, 1.807) is 25.4 Å². The van der Waals surface area contributed by atoms with Crippen LogP contribution in [0, 0.1) is 0 Å². The number of hydrogen-bond acceptors (Lipinski definition) is 5. The van der Waals surface area contributed by atoms with E-state index < -0.39 is 10.0 Å². The molecule has 0 saturated carbocycles. The van der Waals surface area contributed by atoms with E-state index in [4.69, 9.17) is 0 Å². The minimum atomic E-state index is -3.72. The molecule has 6 nitrogen and oxygen atoms in total. The zero-order valence-corrected chi connectivity index (χ0v) is 13.3. The number of hydrogen-bond donors (Lipinski definition) is 1. The first kappa shape index (κ1) is 14.7. The summed E-state index contributed by atoms with van der Waals surface area (Å²) in [5.74, 6) is 0.295. The van der Waals surface area contributed by atoms with Crippen molar-refractivity contribution < 1.29 is 8.42 Å². The maximum Gasteiger partial charge on any atom is 0.267 e. The fourth-order valence-electron chi connectivity index (χ4n) is 1.63. The third kappa shape index (κ3) is 2.75. The molecular weight excluding hydrogens is 344 g/mol. The van der Waals surface area contributed by atoms with Gasteiger partial charge < -0.3 is 5.32 Å². The van der Waals surface area contributed by atoms with Crippen molar-refractivity contribution in [1.82, 2.24) is 9.97 Å². The van der Waals surface area contributed by atoms with E-state index in [-0.39, 0.29) is 4.90 Å². The summed E-state index contributed by atoms with van der Waals surface area (Å²) in [5.41, 5.74) is 0.481. The zero-order valence-electron chi connectivity index (χ0n) is 10.9. The van der Waals surface area contributed by atoms with Crippen molar-refractivity contribution >= 4 is 37.5 Å². The first-order valence-electron chi connectivity index (χ1n) is 5.69. The zero-order chi connectivity index (χ0) is 14.8. The number of rotatable bonds is 4. The average molecular weight is 357 g/mol. The number of nitrogens with zero attached hydrogens (tertiary/aromatic N) is 3. The minimum absolute atomic E-state index is 0.0979. The summed E-state index contributed by atoms with van der Waals surface area (Å²) in [6, 6.07) is 4.87. The molecule has 0 unspecified atom stereocenters. The Morgan fingerprint density at radius 1 is 1.35 bits per heavy atom. The molecule has 0 aliphatic rings. The van der Waals surface area contributed by atoms with Gasteiger partial charge in [-0.25, -0.2) is 13.4 Å². The highest BCUT2D eigenvalue weighted by Gasteiger charge is 2.25. The van der Waals surface area contributed by atoms with Crippen LogP contribution in [-0.2, 0) is 10.0 Å². The molecule has 2 aromatic heterocycles. The smallest absolute Gasteiger partial charge is 0.267 e. The van der Waals surface area contributed by atoms with Gasteiger partial charge in [0.15, 0.2) is 0 Å². The molecule has 20 heavy (non-hydrogen) atoms. The molecule has 0 atom stereocenters. The van der Waals surface area contributed by atoms with E-state index >= 15 is 0 Å². The van der Waals surface area contributed by atoms with Crippen LogP contribution in [0.4, 0.5) is 11.5 Å². The Kier molecular flexibility index (Phi) is 4.24. The highest BCUT2D eigenvalue weighted by molar-refractivity contribution is 9.10. The Morgan fingerprint density at radius 2 is 2.10 bits per heavy atom. The summed E-state index contributed by atoms with van der Waals surface area (Å²) in [6.07, 6.45) is 4.61. The van der Waals surface area contributed by atoms with Gasteiger partial charge in [0.05, 0.1) is 11.9 Å². The van der Waals surface area contributed by atoms with Gasteiger partial charge in [-0.1, -0.05) is 0 Å². The summed E-state index contributed by atoms with van der Waals surface area (Å²) in [7, 11) is -0.616. The quantitative estimate of drug-likeness (QED) is 0.907. The fraction of sp³-hybridized carbons (Fsp3) is 0.167. The Bertz CT molecular complexity index is 707. The molecule has 0 aliphatic heterocycles. The van der Waals surface area contributed by atoms with E-state index in [0.717, 1.165) is 0 Å². The molecule has 2 aromatic rings. The summed E-state index contributed by atoms with van der Waals surface area (Å²) in [6.45, 7) is 0. The second-order valence-electron chi connectivity index (χ2n) is 3.93. The molecule has 106 valence electrons. The highest BCUT2D eigenvalue weighted by Crippen LogP contribution is 2.27. The van der Waals surface area contributed by atoms with Crippen LogP contribution < -0.4 is 9.62 Å². The van der Waals surface area contributed by atoms with E-state index in [2.05, 4.69) is 31.2 Å². The lowest BCUT2D eigenvalue weighted by Crippen LogP contribution is -2.27. The molecule has 2 heterocycles. The molecular formula is C12H13BrN4O2S. The Balaban J connectivity index is 2.53. The van der Waals surface area contributed by atoms with Crippen LogP contribution in [-0.4, -0.2) is 32.5 Å². The van der Waals surface area contributed by atoms with Gasteiger partial charge in [0.2, 0.25) is 0 Å². The van der Waals surface area contributed by atoms with Gasteiger partial charge >= 0.3 is 0 Å². The van der Waals surface area contributed by atoms with Crippen molar-refractivity contribution in [3.8, 4) is 0 Å². The molecule has 0 aromatic carbocycles. The second kappa shape index (κ2) is 5.76. The summed E-state index contributed by atoms with van der Waals surface area (Å²) in [4.78, 5) is 8.08. The SMILES string of the molecule is CNc1ncc(Br)cc1S(=O)(=O)N(C)c1cccnc1. The Hall–Kier alpha value is -1.67. The van der Waals surface area contributed by atoms with Crippen LogP contribution in [0.25, 0.3) is 0 Å². The van der Waals surface area contributed by atoms with Crippen LogP contribution in [0.15, 0.2) is 46.2 Å². The minimum Gasteiger partial charge on any atom is -0.372 e. The topological polar surface area (TPSA) is 75.2 Å². The molecule has 0 radical (unpaired) electrons. The number of nitrogens with one attached hydrogen (secondary N) is 1. The van der Waals surface area contributed by atoms with Crippen LogP contribution in [0.3, 0.4) is 0 Å². The predicted octanol–water partition coefficient (Wildman–Crippen LogP) is 2.11. The molecule has 0 bridgehead atoms. The monoisotopic (exact) mass is 356 g/mol. The van der Waals surface area contributed by atoms with E-state index in [0.29, 0.717) is 16.0 Å². The van der Waals surface area contributed by atoms with Gasteiger partial charge in [-0.05, 0) is 34.1 Å². The number of anilines is 2. The first-order valence-corrected chi connectivity index (χ1v) is 7.92. The van der Waals surface area contributed by atoms with Gasteiger partial charge in [-0.3, -0.25) is 9.29 Å². The number of aromatic nitrogens is 2. The molecule has 0 saturated heterocycles. The van der Waals surface area contributed by atoms with Crippen LogP contribution in [0.2, 0.25) is 0 Å². The normalized spacial score (nSPS) is 11.2. The van der Waals surface area contributed by atoms with Crippen LogP contribution in [0.5, 0.6) is 0 Å². The molecule has 2 rings (SSSR count). The molecule has 0 amide bonds. The van der Waals surface area contributed by atoms with Gasteiger partial charge in [-0.15, -0.1) is 0 Å². The summed E-state index contributed by atoms with van der Waals surface area (Å²) in [5, 5.41) is 2.78. The Labute approximate surface area is 126 Å². The molecule has 0 spiro atoms. The van der Waals surface area contributed by atoms with Gasteiger partial charge in [-0.2, -0.15) is 0 Å². The lowest BCUT2D eigenvalue weighted by atomic mass is 10.4. The van der Waals surface area contributed by atoms with Crippen LogP contribution >= 0.6 is 15.9 Å². The number of halogens is 1. The maximum atomic E-state index is 12.7. The van der Waals surface area contributed by atoms with Gasteiger partial charge in [0.1, 0.15) is 10.7 Å². The molecule has 0 aliphatic carbocycles. The van der Waals surface area contributed by atoms with Crippen molar-refractivity contribution in [3.63, 3.8) is 0 Å². The lowest BCUT2D eigenvalue weighted by Gasteiger charge is -2.20. The fourth-order valence-corrected chi connectivity index (χ4v) is 3.47. The summed E-state index contributed by atoms with van der Waals surface area (Å²) >= 11 is 3.24. The van der Waals surface area contributed by atoms with E-state index in [9.17, 15) is 8.42 Å². The van der Waals surface area contributed by atoms with Crippen molar-refractivity contribution in [3.05, 3.63) is 41.3 Å². The highest BCUT2D eigenvalue weighted by atomic mass is 79.9. The second-order valence-corrected chi connectivity index (χ2v) is 6.79. The third-order valence-corrected chi connectivity index (χ3v) is 4.94. The van der Waals surface area contributed by atoms with Crippen molar-refractivity contribution in [2.45, 2.75) is 4.90 Å². The third-order valence-electron chi connectivity index (χ3n) is 2.70. The predicted molar refractivity (Wildman–Crippen MR) is 81.3 cm³/mol. The van der Waals surface area contributed by atoms with Crippen molar-refractivity contribution in [2.24, 2.45) is 0 Å². The van der Waals surface area contributed by atoms with Gasteiger partial charge in [0, 0.05) is 31.0 Å². The van der Waals surface area contributed by atoms with Crippen LogP contribution in [0.1, 0.15) is 0 Å².